The molecular formula is C20H21ClN4O3. The number of rotatable bonds is 4. The van der Waals surface area contributed by atoms with Crippen molar-refractivity contribution in [1.29, 1.82) is 0 Å². The molecule has 4 rings (SSSR count). The van der Waals surface area contributed by atoms with E-state index in [4.69, 9.17) is 16.3 Å². The Balaban J connectivity index is 1.51. The van der Waals surface area contributed by atoms with Crippen molar-refractivity contribution in [3.63, 3.8) is 0 Å². The van der Waals surface area contributed by atoms with Gasteiger partial charge in [-0.2, -0.15) is 0 Å². The van der Waals surface area contributed by atoms with Crippen molar-refractivity contribution in [3.05, 3.63) is 57.6 Å². The quantitative estimate of drug-likeness (QED) is 0.729. The number of aromatic amines is 1. The number of pyridine rings is 1. The molecule has 0 radical (unpaired) electrons. The summed E-state index contributed by atoms with van der Waals surface area (Å²) in [5.41, 5.74) is 1.82. The van der Waals surface area contributed by atoms with Crippen LogP contribution in [0.2, 0.25) is 5.02 Å². The largest absolute Gasteiger partial charge is 0.478 e. The number of piperidine rings is 1. The molecule has 0 aliphatic carbocycles. The van der Waals surface area contributed by atoms with Gasteiger partial charge < -0.3 is 14.6 Å². The number of benzene rings is 1. The van der Waals surface area contributed by atoms with E-state index in [2.05, 4.69) is 9.97 Å². The summed E-state index contributed by atoms with van der Waals surface area (Å²) in [6, 6.07) is 11.0. The Morgan fingerprint density at radius 1 is 1.25 bits per heavy atom. The predicted octanol–water partition coefficient (Wildman–Crippen LogP) is 3.25. The van der Waals surface area contributed by atoms with Gasteiger partial charge >= 0.3 is 5.69 Å². The first-order valence-electron chi connectivity index (χ1n) is 9.36. The number of carbonyl (C=O) groups is 1. The van der Waals surface area contributed by atoms with Crippen molar-refractivity contribution in [3.8, 4) is 5.88 Å². The van der Waals surface area contributed by atoms with E-state index in [0.29, 0.717) is 43.4 Å². The maximum atomic E-state index is 12.9. The molecule has 3 heterocycles. The van der Waals surface area contributed by atoms with Gasteiger partial charge in [0, 0.05) is 25.2 Å². The fourth-order valence-electron chi connectivity index (χ4n) is 3.72. The SMILES string of the molecule is CCOc1ccc(Cl)c(C(=O)N2CCC(n3c(=O)[nH]c4ccccc43)CC2)n1. The van der Waals surface area contributed by atoms with Gasteiger partial charge in [0.05, 0.1) is 22.7 Å². The molecule has 1 fully saturated rings. The van der Waals surface area contributed by atoms with Crippen molar-refractivity contribution in [1.82, 2.24) is 19.4 Å². The molecule has 1 aliphatic rings. The minimum atomic E-state index is -0.212. The molecule has 1 amide bonds. The topological polar surface area (TPSA) is 80.2 Å². The second-order valence-corrected chi connectivity index (χ2v) is 7.16. The van der Waals surface area contributed by atoms with Gasteiger partial charge in [-0.25, -0.2) is 9.78 Å². The second kappa shape index (κ2) is 7.67. The van der Waals surface area contributed by atoms with E-state index in [9.17, 15) is 9.59 Å². The van der Waals surface area contributed by atoms with Crippen molar-refractivity contribution >= 4 is 28.5 Å². The number of ether oxygens (including phenoxy) is 1. The fraction of sp³-hybridized carbons (Fsp3) is 0.350. The maximum absolute atomic E-state index is 12.9. The number of para-hydroxylation sites is 2. The van der Waals surface area contributed by atoms with Gasteiger partial charge in [-0.05, 0) is 38.0 Å². The number of likely N-dealkylation sites (tertiary alicyclic amines) is 1. The smallest absolute Gasteiger partial charge is 0.326 e. The van der Waals surface area contributed by atoms with E-state index < -0.39 is 0 Å². The lowest BCUT2D eigenvalue weighted by Gasteiger charge is -2.32. The third kappa shape index (κ3) is 3.38. The van der Waals surface area contributed by atoms with Crippen LogP contribution in [0.25, 0.3) is 11.0 Å². The Kier molecular flexibility index (Phi) is 5.09. The Labute approximate surface area is 166 Å². The van der Waals surface area contributed by atoms with Crippen LogP contribution in [0.5, 0.6) is 5.88 Å². The minimum absolute atomic E-state index is 0.0471. The van der Waals surface area contributed by atoms with Gasteiger partial charge in [0.25, 0.3) is 5.91 Å². The van der Waals surface area contributed by atoms with Crippen molar-refractivity contribution < 1.29 is 9.53 Å². The van der Waals surface area contributed by atoms with E-state index in [-0.39, 0.29) is 23.3 Å². The average molecular weight is 401 g/mol. The number of halogens is 1. The number of aromatic nitrogens is 3. The molecule has 28 heavy (non-hydrogen) atoms. The summed E-state index contributed by atoms with van der Waals surface area (Å²) in [5.74, 6) is 0.173. The van der Waals surface area contributed by atoms with E-state index in [1.807, 2.05) is 31.2 Å². The number of fused-ring (bicyclic) bond motifs is 1. The van der Waals surface area contributed by atoms with Crippen LogP contribution in [-0.4, -0.2) is 45.0 Å². The number of carbonyl (C=O) groups excluding carboxylic acids is 1. The zero-order chi connectivity index (χ0) is 19.7. The number of nitrogens with zero attached hydrogens (tertiary/aromatic N) is 3. The van der Waals surface area contributed by atoms with Crippen molar-refractivity contribution in [2.45, 2.75) is 25.8 Å². The highest BCUT2D eigenvalue weighted by atomic mass is 35.5. The lowest BCUT2D eigenvalue weighted by atomic mass is 10.0. The molecule has 1 aromatic carbocycles. The Bertz CT molecular complexity index is 1070. The lowest BCUT2D eigenvalue weighted by molar-refractivity contribution is 0.0688. The normalized spacial score (nSPS) is 15.1. The van der Waals surface area contributed by atoms with Crippen LogP contribution in [0.4, 0.5) is 0 Å². The lowest BCUT2D eigenvalue weighted by Crippen LogP contribution is -2.40. The van der Waals surface area contributed by atoms with Gasteiger partial charge in [-0.15, -0.1) is 0 Å². The molecule has 1 N–H and O–H groups in total. The molecule has 0 saturated carbocycles. The molecule has 0 spiro atoms. The van der Waals surface area contributed by atoms with Crippen molar-refractivity contribution in [2.24, 2.45) is 0 Å². The van der Waals surface area contributed by atoms with Gasteiger partial charge in [-0.3, -0.25) is 9.36 Å². The Hall–Kier alpha value is -2.80. The highest BCUT2D eigenvalue weighted by Crippen LogP contribution is 2.27. The second-order valence-electron chi connectivity index (χ2n) is 6.75. The zero-order valence-electron chi connectivity index (χ0n) is 15.5. The monoisotopic (exact) mass is 400 g/mol. The molecule has 0 unspecified atom stereocenters. The Morgan fingerprint density at radius 3 is 2.75 bits per heavy atom. The van der Waals surface area contributed by atoms with Crippen LogP contribution < -0.4 is 10.4 Å². The number of H-pyrrole nitrogens is 1. The molecule has 1 saturated heterocycles. The number of amides is 1. The molecule has 8 heteroatoms. The molecule has 0 atom stereocenters. The maximum Gasteiger partial charge on any atom is 0.326 e. The molecule has 7 nitrogen and oxygen atoms in total. The summed E-state index contributed by atoms with van der Waals surface area (Å²) >= 11 is 6.19. The molecule has 3 aromatic rings. The number of hydrogen-bond acceptors (Lipinski definition) is 4. The van der Waals surface area contributed by atoms with Crippen LogP contribution in [0.1, 0.15) is 36.3 Å². The zero-order valence-corrected chi connectivity index (χ0v) is 16.3. The molecule has 2 aromatic heterocycles. The Morgan fingerprint density at radius 2 is 2.00 bits per heavy atom. The first-order chi connectivity index (χ1) is 13.6. The number of imidazole rings is 1. The summed E-state index contributed by atoms with van der Waals surface area (Å²) in [7, 11) is 0. The first-order valence-corrected chi connectivity index (χ1v) is 9.74. The minimum Gasteiger partial charge on any atom is -0.478 e. The fourth-order valence-corrected chi connectivity index (χ4v) is 3.90. The standard InChI is InChI=1S/C20H21ClN4O3/c1-2-28-17-8-7-14(21)18(23-17)19(26)24-11-9-13(10-12-24)25-16-6-4-3-5-15(16)22-20(25)27/h3-8,13H,2,9-12H2,1H3,(H,22,27). The summed E-state index contributed by atoms with van der Waals surface area (Å²) in [6.07, 6.45) is 1.38. The van der Waals surface area contributed by atoms with E-state index in [1.165, 1.54) is 0 Å². The van der Waals surface area contributed by atoms with Crippen LogP contribution in [0.3, 0.4) is 0 Å². The van der Waals surface area contributed by atoms with Crippen LogP contribution >= 0.6 is 11.6 Å². The molecular weight excluding hydrogens is 380 g/mol. The summed E-state index contributed by atoms with van der Waals surface area (Å²) in [4.78, 5) is 34.2. The van der Waals surface area contributed by atoms with Gasteiger partial charge in [0.1, 0.15) is 0 Å². The third-order valence-electron chi connectivity index (χ3n) is 5.06. The number of hydrogen-bond donors (Lipinski definition) is 1. The molecule has 1 aliphatic heterocycles. The van der Waals surface area contributed by atoms with Gasteiger partial charge in [0.15, 0.2) is 5.69 Å². The summed E-state index contributed by atoms with van der Waals surface area (Å²) in [6.45, 7) is 3.39. The van der Waals surface area contributed by atoms with Crippen LogP contribution in [0.15, 0.2) is 41.2 Å². The molecule has 0 bridgehead atoms. The predicted molar refractivity (Wildman–Crippen MR) is 107 cm³/mol. The average Bonchev–Trinajstić information content (AvgIpc) is 3.05. The van der Waals surface area contributed by atoms with Gasteiger partial charge in [0.2, 0.25) is 5.88 Å². The molecule has 146 valence electrons. The third-order valence-corrected chi connectivity index (χ3v) is 5.36. The van der Waals surface area contributed by atoms with E-state index in [0.717, 1.165) is 11.0 Å². The number of nitrogens with one attached hydrogen (secondary N) is 1. The van der Waals surface area contributed by atoms with E-state index in [1.54, 1.807) is 21.6 Å². The van der Waals surface area contributed by atoms with Crippen LogP contribution in [0, 0.1) is 0 Å². The summed E-state index contributed by atoms with van der Waals surface area (Å²) in [5, 5.41) is 0.309. The van der Waals surface area contributed by atoms with Crippen molar-refractivity contribution in [2.75, 3.05) is 19.7 Å². The van der Waals surface area contributed by atoms with Crippen LogP contribution in [-0.2, 0) is 0 Å². The highest BCUT2D eigenvalue weighted by molar-refractivity contribution is 6.33. The first kappa shape index (κ1) is 18.6. The van der Waals surface area contributed by atoms with Gasteiger partial charge in [-0.1, -0.05) is 23.7 Å². The van der Waals surface area contributed by atoms with E-state index >= 15 is 0 Å². The summed E-state index contributed by atoms with van der Waals surface area (Å²) < 4.78 is 7.18. The highest BCUT2D eigenvalue weighted by Gasteiger charge is 2.28.